The molecule has 166 valence electrons. The van der Waals surface area contributed by atoms with E-state index in [1.165, 1.54) is 6.42 Å². The molecule has 3 N–H and O–H groups in total. The van der Waals surface area contributed by atoms with Gasteiger partial charge in [-0.15, -0.1) is 5.10 Å². The number of anilines is 2. The van der Waals surface area contributed by atoms with Crippen molar-refractivity contribution in [3.63, 3.8) is 0 Å². The van der Waals surface area contributed by atoms with Gasteiger partial charge >= 0.3 is 0 Å². The summed E-state index contributed by atoms with van der Waals surface area (Å²) in [6.07, 6.45) is 3.48. The molecule has 1 aliphatic heterocycles. The molecule has 8 nitrogen and oxygen atoms in total. The summed E-state index contributed by atoms with van der Waals surface area (Å²) < 4.78 is 0. The molecular weight excluding hydrogens is 416 g/mol. The minimum Gasteiger partial charge on any atom is -0.507 e. The third kappa shape index (κ3) is 4.41. The van der Waals surface area contributed by atoms with Crippen LogP contribution in [0.4, 0.5) is 11.4 Å². The van der Waals surface area contributed by atoms with E-state index in [2.05, 4.69) is 30.8 Å². The molecule has 33 heavy (non-hydrogen) atoms. The van der Waals surface area contributed by atoms with Gasteiger partial charge < -0.3 is 15.3 Å². The Kier molecular flexibility index (Phi) is 5.72. The van der Waals surface area contributed by atoms with Gasteiger partial charge in [-0.05, 0) is 71.1 Å². The van der Waals surface area contributed by atoms with Gasteiger partial charge in [0.05, 0.1) is 11.3 Å². The lowest BCUT2D eigenvalue weighted by Gasteiger charge is -2.29. The van der Waals surface area contributed by atoms with Crippen LogP contribution in [0.15, 0.2) is 66.7 Å². The van der Waals surface area contributed by atoms with Gasteiger partial charge in [0.15, 0.2) is 5.82 Å². The van der Waals surface area contributed by atoms with Gasteiger partial charge in [-0.1, -0.05) is 36.4 Å². The quantitative estimate of drug-likeness (QED) is 0.422. The van der Waals surface area contributed by atoms with Crippen molar-refractivity contribution >= 4 is 17.3 Å². The van der Waals surface area contributed by atoms with Crippen LogP contribution in [0, 0.1) is 0 Å². The fraction of sp³-hybridized carbons (Fsp3) is 0.200. The molecule has 0 spiro atoms. The highest BCUT2D eigenvalue weighted by atomic mass is 16.3. The molecule has 5 rings (SSSR count). The monoisotopic (exact) mass is 440 g/mol. The zero-order valence-electron chi connectivity index (χ0n) is 18.0. The van der Waals surface area contributed by atoms with Crippen molar-refractivity contribution in [3.8, 4) is 28.3 Å². The van der Waals surface area contributed by atoms with Crippen molar-refractivity contribution in [1.82, 2.24) is 20.6 Å². The minimum absolute atomic E-state index is 0.0599. The Morgan fingerprint density at radius 1 is 0.939 bits per heavy atom. The van der Waals surface area contributed by atoms with Gasteiger partial charge in [0, 0.05) is 24.3 Å². The Balaban J connectivity index is 1.49. The highest BCUT2D eigenvalue weighted by Crippen LogP contribution is 2.32. The second-order valence-corrected chi connectivity index (χ2v) is 8.08. The van der Waals surface area contributed by atoms with Gasteiger partial charge in [0.2, 0.25) is 0 Å². The second-order valence-electron chi connectivity index (χ2n) is 8.08. The summed E-state index contributed by atoms with van der Waals surface area (Å²) in [6, 6.07) is 20.8. The number of phenols is 1. The number of nitrogens with zero attached hydrogens (tertiary/aromatic N) is 4. The topological polar surface area (TPSA) is 107 Å². The Morgan fingerprint density at radius 3 is 2.52 bits per heavy atom. The maximum atomic E-state index is 13.3. The van der Waals surface area contributed by atoms with Gasteiger partial charge in [-0.2, -0.15) is 0 Å². The lowest BCUT2D eigenvalue weighted by atomic mass is 10.0. The number of aromatic nitrogens is 4. The predicted molar refractivity (Wildman–Crippen MR) is 127 cm³/mol. The molecule has 0 aliphatic carbocycles. The number of H-pyrrole nitrogens is 1. The van der Waals surface area contributed by atoms with Crippen LogP contribution in [0.25, 0.3) is 22.5 Å². The fourth-order valence-electron chi connectivity index (χ4n) is 4.18. The molecular formula is C25H24N6O2. The van der Waals surface area contributed by atoms with E-state index in [0.29, 0.717) is 17.1 Å². The Labute approximate surface area is 191 Å². The van der Waals surface area contributed by atoms with E-state index in [-0.39, 0.29) is 11.3 Å². The molecule has 0 atom stereocenters. The summed E-state index contributed by atoms with van der Waals surface area (Å²) in [5.74, 6) is -0.0168. The van der Waals surface area contributed by atoms with Gasteiger partial charge in [-0.25, -0.2) is 5.10 Å². The number of hydrogen-bond acceptors (Lipinski definition) is 6. The number of carbonyl (C=O) groups excluding carboxylic acids is 1. The number of rotatable bonds is 5. The summed E-state index contributed by atoms with van der Waals surface area (Å²) in [4.78, 5) is 15.5. The number of piperidine rings is 1. The van der Waals surface area contributed by atoms with Crippen LogP contribution in [0.3, 0.4) is 0 Å². The van der Waals surface area contributed by atoms with Crippen LogP contribution in [0.1, 0.15) is 29.6 Å². The summed E-state index contributed by atoms with van der Waals surface area (Å²) in [7, 11) is 0. The number of phenolic OH excluding ortho intramolecular Hbond substituents is 1. The first-order chi connectivity index (χ1) is 16.2. The fourth-order valence-corrected chi connectivity index (χ4v) is 4.18. The summed E-state index contributed by atoms with van der Waals surface area (Å²) in [5.41, 5.74) is 4.32. The van der Waals surface area contributed by atoms with Crippen LogP contribution in [-0.4, -0.2) is 44.7 Å². The van der Waals surface area contributed by atoms with E-state index in [9.17, 15) is 9.90 Å². The van der Waals surface area contributed by atoms with Crippen LogP contribution >= 0.6 is 0 Å². The summed E-state index contributed by atoms with van der Waals surface area (Å²) in [5, 5.41) is 27.5. The number of aromatic amines is 1. The van der Waals surface area contributed by atoms with Crippen LogP contribution in [0.2, 0.25) is 0 Å². The molecule has 4 aromatic rings. The summed E-state index contributed by atoms with van der Waals surface area (Å²) in [6.45, 7) is 1.90. The second kappa shape index (κ2) is 9.12. The lowest BCUT2D eigenvalue weighted by molar-refractivity contribution is 0.102. The normalized spacial score (nSPS) is 13.6. The standard InChI is InChI=1S/C25H24N6O2/c32-23-12-10-19(31-13-5-2-6-14-31)16-21(23)25(33)26-22-15-18(17-7-3-1-4-8-17)9-11-20(22)24-27-29-30-28-24/h1,3-4,7-12,15-16,32H,2,5-6,13-14H2,(H,26,33)(H,27,28,29,30). The average Bonchev–Trinajstić information content (AvgIpc) is 3.40. The molecule has 2 heterocycles. The highest BCUT2D eigenvalue weighted by Gasteiger charge is 2.19. The zero-order chi connectivity index (χ0) is 22.6. The number of carbonyl (C=O) groups is 1. The Morgan fingerprint density at radius 2 is 1.76 bits per heavy atom. The number of aromatic hydroxyl groups is 1. The SMILES string of the molecule is O=C(Nc1cc(-c2ccccc2)ccc1-c1nnn[nH]1)c1cc(N2CCCCC2)ccc1O. The molecule has 1 amide bonds. The summed E-state index contributed by atoms with van der Waals surface area (Å²) >= 11 is 0. The van der Waals surface area contributed by atoms with Crippen molar-refractivity contribution in [3.05, 3.63) is 72.3 Å². The van der Waals surface area contributed by atoms with E-state index in [0.717, 1.165) is 42.7 Å². The predicted octanol–water partition coefficient (Wildman–Crippen LogP) is 4.48. The molecule has 0 radical (unpaired) electrons. The molecule has 8 heteroatoms. The first kappa shape index (κ1) is 20.7. The van der Waals surface area contributed by atoms with Gasteiger partial charge in [-0.3, -0.25) is 4.79 Å². The third-order valence-corrected chi connectivity index (χ3v) is 5.92. The number of benzene rings is 3. The van der Waals surface area contributed by atoms with Crippen LogP contribution in [-0.2, 0) is 0 Å². The van der Waals surface area contributed by atoms with Crippen LogP contribution < -0.4 is 10.2 Å². The molecule has 1 aliphatic rings. The van der Waals surface area contributed by atoms with Crippen molar-refractivity contribution in [2.24, 2.45) is 0 Å². The molecule has 0 bridgehead atoms. The number of hydrogen-bond donors (Lipinski definition) is 3. The minimum atomic E-state index is -0.398. The van der Waals surface area contributed by atoms with Crippen molar-refractivity contribution < 1.29 is 9.90 Å². The number of tetrazole rings is 1. The smallest absolute Gasteiger partial charge is 0.259 e. The molecule has 1 aromatic heterocycles. The van der Waals surface area contributed by atoms with Gasteiger partial charge in [0.1, 0.15) is 5.75 Å². The van der Waals surface area contributed by atoms with E-state index in [4.69, 9.17) is 0 Å². The van der Waals surface area contributed by atoms with E-state index >= 15 is 0 Å². The first-order valence-corrected chi connectivity index (χ1v) is 11.0. The van der Waals surface area contributed by atoms with Crippen molar-refractivity contribution in [2.45, 2.75) is 19.3 Å². The molecule has 0 unspecified atom stereocenters. The largest absolute Gasteiger partial charge is 0.507 e. The Bertz CT molecular complexity index is 1250. The van der Waals surface area contributed by atoms with Crippen molar-refractivity contribution in [1.29, 1.82) is 0 Å². The maximum absolute atomic E-state index is 13.3. The van der Waals surface area contributed by atoms with E-state index in [1.807, 2.05) is 54.6 Å². The average molecular weight is 441 g/mol. The van der Waals surface area contributed by atoms with E-state index in [1.54, 1.807) is 12.1 Å². The van der Waals surface area contributed by atoms with Crippen LogP contribution in [0.5, 0.6) is 5.75 Å². The number of amides is 1. The first-order valence-electron chi connectivity index (χ1n) is 11.0. The van der Waals surface area contributed by atoms with Gasteiger partial charge in [0.25, 0.3) is 5.91 Å². The Hall–Kier alpha value is -4.20. The maximum Gasteiger partial charge on any atom is 0.259 e. The molecule has 0 saturated carbocycles. The highest BCUT2D eigenvalue weighted by molar-refractivity contribution is 6.08. The number of nitrogens with one attached hydrogen (secondary N) is 2. The molecule has 1 saturated heterocycles. The zero-order valence-corrected chi connectivity index (χ0v) is 18.0. The lowest BCUT2D eigenvalue weighted by Crippen LogP contribution is -2.29. The molecule has 1 fully saturated rings. The van der Waals surface area contributed by atoms with Crippen molar-refractivity contribution in [2.75, 3.05) is 23.3 Å². The van der Waals surface area contributed by atoms with E-state index < -0.39 is 5.91 Å². The third-order valence-electron chi connectivity index (χ3n) is 5.92. The molecule has 3 aromatic carbocycles.